The van der Waals surface area contributed by atoms with E-state index in [2.05, 4.69) is 39.2 Å². The molecule has 6 nitrogen and oxygen atoms in total. The summed E-state index contributed by atoms with van der Waals surface area (Å²) in [7, 11) is 0. The molecular weight excluding hydrogens is 326 g/mol. The first-order valence-corrected chi connectivity index (χ1v) is 8.95. The molecule has 0 saturated heterocycles. The van der Waals surface area contributed by atoms with E-state index in [4.69, 9.17) is 0 Å². The fraction of sp³-hybridized carbons (Fsp3) is 0.333. The molecule has 21 heavy (non-hydrogen) atoms. The number of fused-ring (bicyclic) bond motifs is 1. The summed E-state index contributed by atoms with van der Waals surface area (Å²) in [5.41, 5.74) is 1.58. The molecule has 1 amide bonds. The molecule has 0 bridgehead atoms. The number of amides is 1. The van der Waals surface area contributed by atoms with E-state index in [1.807, 2.05) is 6.07 Å². The molecule has 3 rings (SSSR count). The lowest BCUT2D eigenvalue weighted by Gasteiger charge is -2.16. The van der Waals surface area contributed by atoms with Crippen molar-refractivity contribution in [3.63, 3.8) is 0 Å². The Kier molecular flexibility index (Phi) is 4.13. The van der Waals surface area contributed by atoms with Crippen LogP contribution in [0, 0.1) is 0 Å². The number of carbonyl (C=O) groups excluding carboxylic acids is 1. The molecule has 0 saturated carbocycles. The Hall–Kier alpha value is -1.58. The molecule has 0 aliphatic rings. The van der Waals surface area contributed by atoms with Gasteiger partial charge in [-0.25, -0.2) is 4.98 Å². The zero-order valence-corrected chi connectivity index (χ0v) is 13.9. The van der Waals surface area contributed by atoms with E-state index in [1.54, 1.807) is 16.8 Å². The number of nitrogens with one attached hydrogen (secondary N) is 1. The molecular formula is C12H13N5OS3. The summed E-state index contributed by atoms with van der Waals surface area (Å²) >= 11 is 4.32. The van der Waals surface area contributed by atoms with E-state index < -0.39 is 0 Å². The number of carbonyl (C=O) groups is 1. The molecule has 0 unspecified atom stereocenters. The third-order valence-corrected chi connectivity index (χ3v) is 5.74. The fourth-order valence-corrected chi connectivity index (χ4v) is 4.52. The molecule has 0 spiro atoms. The summed E-state index contributed by atoms with van der Waals surface area (Å²) < 4.78 is 1.05. The topological polar surface area (TPSA) is 71.0 Å². The number of rotatable bonds is 5. The van der Waals surface area contributed by atoms with E-state index in [0.29, 0.717) is 10.0 Å². The molecule has 1 N–H and O–H groups in total. The van der Waals surface area contributed by atoms with Crippen molar-refractivity contribution in [2.45, 2.75) is 13.8 Å². The van der Waals surface area contributed by atoms with Gasteiger partial charge in [-0.3, -0.25) is 10.1 Å². The van der Waals surface area contributed by atoms with E-state index in [1.165, 1.54) is 22.7 Å². The minimum atomic E-state index is -0.161. The molecule has 0 radical (unpaired) electrons. The molecule has 0 aromatic carbocycles. The Bertz CT molecular complexity index is 713. The molecule has 9 heteroatoms. The van der Waals surface area contributed by atoms with E-state index >= 15 is 0 Å². The average molecular weight is 339 g/mol. The molecule has 0 aliphatic heterocycles. The number of anilines is 2. The van der Waals surface area contributed by atoms with Gasteiger partial charge in [0.2, 0.25) is 5.13 Å². The zero-order chi connectivity index (χ0) is 14.8. The van der Waals surface area contributed by atoms with E-state index in [0.717, 1.165) is 27.8 Å². The highest BCUT2D eigenvalue weighted by Crippen LogP contribution is 2.34. The van der Waals surface area contributed by atoms with Gasteiger partial charge >= 0.3 is 0 Å². The minimum absolute atomic E-state index is 0.161. The smallest absolute Gasteiger partial charge is 0.267 e. The van der Waals surface area contributed by atoms with Gasteiger partial charge in [-0.2, -0.15) is 0 Å². The third-order valence-electron chi connectivity index (χ3n) is 2.92. The van der Waals surface area contributed by atoms with Gasteiger partial charge in [0.25, 0.3) is 5.91 Å². The van der Waals surface area contributed by atoms with Crippen molar-refractivity contribution in [2.24, 2.45) is 0 Å². The highest BCUT2D eigenvalue weighted by Gasteiger charge is 2.16. The number of hydrogen-bond acceptors (Lipinski definition) is 8. The van der Waals surface area contributed by atoms with Crippen molar-refractivity contribution >= 4 is 59.7 Å². The quantitative estimate of drug-likeness (QED) is 0.772. The Morgan fingerprint density at radius 2 is 2.14 bits per heavy atom. The van der Waals surface area contributed by atoms with Gasteiger partial charge in [0.05, 0.1) is 9.58 Å². The van der Waals surface area contributed by atoms with E-state index in [9.17, 15) is 4.79 Å². The van der Waals surface area contributed by atoms with Crippen LogP contribution in [-0.2, 0) is 0 Å². The first-order valence-electron chi connectivity index (χ1n) is 6.44. The molecule has 0 aliphatic carbocycles. The number of thiophene rings is 1. The highest BCUT2D eigenvalue weighted by atomic mass is 32.1. The Balaban J connectivity index is 1.82. The predicted octanol–water partition coefficient (Wildman–Crippen LogP) is 3.31. The monoisotopic (exact) mass is 339 g/mol. The standard InChI is InChI=1S/C12H13N5OS3/c1-3-17(4-2)12-15-10-8(21-12)5-7(20-10)9(18)14-11-16-13-6-19-11/h5-6H,3-4H2,1-2H3,(H,14,16,18). The average Bonchev–Trinajstić information content (AvgIpc) is 3.15. The van der Waals surface area contributed by atoms with Gasteiger partial charge in [-0.15, -0.1) is 21.5 Å². The van der Waals surface area contributed by atoms with Gasteiger partial charge in [-0.05, 0) is 19.9 Å². The molecule has 0 atom stereocenters. The summed E-state index contributed by atoms with van der Waals surface area (Å²) in [4.78, 5) is 20.5. The Morgan fingerprint density at radius 1 is 1.33 bits per heavy atom. The van der Waals surface area contributed by atoms with Crippen LogP contribution in [-0.4, -0.2) is 34.2 Å². The number of aromatic nitrogens is 3. The van der Waals surface area contributed by atoms with E-state index in [-0.39, 0.29) is 5.91 Å². The Labute approximate surface area is 133 Å². The van der Waals surface area contributed by atoms with Crippen molar-refractivity contribution in [3.8, 4) is 0 Å². The predicted molar refractivity (Wildman–Crippen MR) is 88.9 cm³/mol. The zero-order valence-electron chi connectivity index (χ0n) is 11.5. The largest absolute Gasteiger partial charge is 0.349 e. The van der Waals surface area contributed by atoms with Crippen molar-refractivity contribution < 1.29 is 4.79 Å². The first kappa shape index (κ1) is 14.4. The normalized spacial score (nSPS) is 11.0. The van der Waals surface area contributed by atoms with Crippen molar-refractivity contribution in [3.05, 3.63) is 16.5 Å². The fourth-order valence-electron chi connectivity index (χ4n) is 1.85. The van der Waals surface area contributed by atoms with Crippen molar-refractivity contribution in [2.75, 3.05) is 23.3 Å². The lowest BCUT2D eigenvalue weighted by Crippen LogP contribution is -2.21. The molecule has 3 aromatic rings. The Morgan fingerprint density at radius 3 is 2.76 bits per heavy atom. The van der Waals surface area contributed by atoms with Gasteiger partial charge < -0.3 is 4.90 Å². The van der Waals surface area contributed by atoms with Gasteiger partial charge in [0, 0.05) is 13.1 Å². The van der Waals surface area contributed by atoms with Crippen LogP contribution in [0.25, 0.3) is 9.53 Å². The summed E-state index contributed by atoms with van der Waals surface area (Å²) in [5.74, 6) is -0.161. The summed E-state index contributed by atoms with van der Waals surface area (Å²) in [6.07, 6.45) is 0. The number of thiazole rings is 1. The summed E-state index contributed by atoms with van der Waals surface area (Å²) in [6.45, 7) is 6.09. The van der Waals surface area contributed by atoms with Crippen LogP contribution in [0.5, 0.6) is 0 Å². The first-order chi connectivity index (χ1) is 10.2. The number of nitrogens with zero attached hydrogens (tertiary/aromatic N) is 4. The van der Waals surface area contributed by atoms with Gasteiger partial charge in [0.15, 0.2) is 5.13 Å². The summed E-state index contributed by atoms with van der Waals surface area (Å²) in [5, 5.41) is 11.7. The van der Waals surface area contributed by atoms with Crippen molar-refractivity contribution in [1.82, 2.24) is 15.2 Å². The van der Waals surface area contributed by atoms with Crippen LogP contribution < -0.4 is 10.2 Å². The van der Waals surface area contributed by atoms with Crippen LogP contribution in [0.2, 0.25) is 0 Å². The lowest BCUT2D eigenvalue weighted by atomic mass is 10.4. The molecule has 3 aromatic heterocycles. The van der Waals surface area contributed by atoms with Gasteiger partial charge in [0.1, 0.15) is 10.3 Å². The molecule has 0 fully saturated rings. The summed E-state index contributed by atoms with van der Waals surface area (Å²) in [6, 6.07) is 1.89. The second-order valence-corrected chi connectivity index (χ2v) is 7.02. The van der Waals surface area contributed by atoms with Crippen LogP contribution in [0.4, 0.5) is 10.3 Å². The maximum Gasteiger partial charge on any atom is 0.267 e. The lowest BCUT2D eigenvalue weighted by molar-refractivity contribution is 0.103. The third kappa shape index (κ3) is 2.89. The molecule has 110 valence electrons. The van der Waals surface area contributed by atoms with Crippen LogP contribution in [0.15, 0.2) is 11.6 Å². The maximum absolute atomic E-state index is 12.1. The van der Waals surface area contributed by atoms with Crippen LogP contribution >= 0.6 is 34.0 Å². The minimum Gasteiger partial charge on any atom is -0.349 e. The number of hydrogen-bond donors (Lipinski definition) is 1. The van der Waals surface area contributed by atoms with Gasteiger partial charge in [-0.1, -0.05) is 22.7 Å². The van der Waals surface area contributed by atoms with Crippen LogP contribution in [0.1, 0.15) is 23.5 Å². The van der Waals surface area contributed by atoms with Crippen molar-refractivity contribution in [1.29, 1.82) is 0 Å². The molecule has 3 heterocycles. The highest BCUT2D eigenvalue weighted by molar-refractivity contribution is 7.29. The van der Waals surface area contributed by atoms with Crippen LogP contribution in [0.3, 0.4) is 0 Å². The maximum atomic E-state index is 12.1. The second kappa shape index (κ2) is 6.04. The SMILES string of the molecule is CCN(CC)c1nc2sc(C(=O)Nc3nncs3)cc2s1. The second-order valence-electron chi connectivity index (χ2n) is 4.15.